The minimum atomic E-state index is -0.964. The molecule has 1 fully saturated rings. The molecule has 0 radical (unpaired) electrons. The van der Waals surface area contributed by atoms with E-state index in [0.717, 1.165) is 12.0 Å². The highest BCUT2D eigenvalue weighted by Crippen LogP contribution is 2.23. The second-order valence-electron chi connectivity index (χ2n) is 5.23. The number of rotatable bonds is 3. The summed E-state index contributed by atoms with van der Waals surface area (Å²) in [5.41, 5.74) is 0.887. The number of likely N-dealkylation sites (tertiary alicyclic amines) is 1. The fourth-order valence-corrected chi connectivity index (χ4v) is 2.41. The first kappa shape index (κ1) is 14.4. The molecule has 108 valence electrons. The molecule has 2 atom stereocenters. The summed E-state index contributed by atoms with van der Waals surface area (Å²) < 4.78 is 5.22. The number of ether oxygens (including phenoxy) is 1. The highest BCUT2D eigenvalue weighted by Gasteiger charge is 2.35. The monoisotopic (exact) mass is 277 g/mol. The fourth-order valence-electron chi connectivity index (χ4n) is 2.41. The third kappa shape index (κ3) is 3.50. The van der Waals surface area contributed by atoms with E-state index < -0.39 is 18.1 Å². The molecule has 0 aliphatic carbocycles. The Morgan fingerprint density at radius 1 is 1.30 bits per heavy atom. The Morgan fingerprint density at radius 3 is 2.65 bits per heavy atom. The van der Waals surface area contributed by atoms with Crippen LogP contribution in [0.15, 0.2) is 30.3 Å². The van der Waals surface area contributed by atoms with Crippen LogP contribution in [0.5, 0.6) is 0 Å². The summed E-state index contributed by atoms with van der Waals surface area (Å²) in [5, 5.41) is 9.18. The van der Waals surface area contributed by atoms with Crippen LogP contribution in [0.3, 0.4) is 0 Å². The topological polar surface area (TPSA) is 66.8 Å². The van der Waals surface area contributed by atoms with E-state index >= 15 is 0 Å². The number of carbonyl (C=O) groups excluding carboxylic acids is 1. The highest BCUT2D eigenvalue weighted by molar-refractivity contribution is 5.80. The van der Waals surface area contributed by atoms with E-state index in [9.17, 15) is 14.7 Å². The normalized spacial score (nSPS) is 22.4. The SMILES string of the molecule is C[C@@H]1CC[C@@H](C(=O)O)N(C(=O)OCc2ccccc2)C1. The summed E-state index contributed by atoms with van der Waals surface area (Å²) in [6, 6.07) is 8.58. The van der Waals surface area contributed by atoms with Crippen LogP contribution in [0.4, 0.5) is 4.79 Å². The molecule has 1 N–H and O–H groups in total. The molecule has 1 amide bonds. The van der Waals surface area contributed by atoms with Crippen molar-refractivity contribution >= 4 is 12.1 Å². The van der Waals surface area contributed by atoms with Crippen molar-refractivity contribution in [1.29, 1.82) is 0 Å². The average molecular weight is 277 g/mol. The van der Waals surface area contributed by atoms with Crippen molar-refractivity contribution < 1.29 is 19.4 Å². The second-order valence-corrected chi connectivity index (χ2v) is 5.23. The number of benzene rings is 1. The molecule has 5 nitrogen and oxygen atoms in total. The summed E-state index contributed by atoms with van der Waals surface area (Å²) >= 11 is 0. The van der Waals surface area contributed by atoms with Crippen LogP contribution in [0.2, 0.25) is 0 Å². The molecule has 0 unspecified atom stereocenters. The van der Waals surface area contributed by atoms with Crippen molar-refractivity contribution in [2.24, 2.45) is 5.92 Å². The molecule has 1 aliphatic heterocycles. The lowest BCUT2D eigenvalue weighted by atomic mass is 9.95. The molecular weight excluding hydrogens is 258 g/mol. The van der Waals surface area contributed by atoms with E-state index in [1.54, 1.807) is 0 Å². The van der Waals surface area contributed by atoms with Crippen LogP contribution in [0, 0.1) is 5.92 Å². The summed E-state index contributed by atoms with van der Waals surface area (Å²) in [4.78, 5) is 24.6. The predicted octanol–water partition coefficient (Wildman–Crippen LogP) is 2.51. The van der Waals surface area contributed by atoms with E-state index in [1.807, 2.05) is 37.3 Å². The standard InChI is InChI=1S/C15H19NO4/c1-11-7-8-13(14(17)18)16(9-11)15(19)20-10-12-5-3-2-4-6-12/h2-6,11,13H,7-10H2,1H3,(H,17,18)/t11-,13+/m1/s1. The van der Waals surface area contributed by atoms with Gasteiger partial charge in [-0.25, -0.2) is 9.59 Å². The minimum Gasteiger partial charge on any atom is -0.480 e. The lowest BCUT2D eigenvalue weighted by molar-refractivity contribution is -0.144. The summed E-state index contributed by atoms with van der Waals surface area (Å²) in [5.74, 6) is -0.663. The van der Waals surface area contributed by atoms with Gasteiger partial charge in [0, 0.05) is 6.54 Å². The lowest BCUT2D eigenvalue weighted by Gasteiger charge is -2.35. The molecule has 2 rings (SSSR count). The van der Waals surface area contributed by atoms with Crippen LogP contribution < -0.4 is 0 Å². The molecule has 1 heterocycles. The molecule has 1 aromatic carbocycles. The van der Waals surface area contributed by atoms with E-state index in [2.05, 4.69) is 0 Å². The molecular formula is C15H19NO4. The first-order valence-electron chi connectivity index (χ1n) is 6.78. The Balaban J connectivity index is 1.97. The van der Waals surface area contributed by atoms with Crippen LogP contribution in [-0.2, 0) is 16.1 Å². The Morgan fingerprint density at radius 2 is 2.00 bits per heavy atom. The van der Waals surface area contributed by atoms with E-state index in [1.165, 1.54) is 4.90 Å². The number of aliphatic carboxylic acids is 1. The van der Waals surface area contributed by atoms with Crippen molar-refractivity contribution in [2.75, 3.05) is 6.54 Å². The Hall–Kier alpha value is -2.04. The van der Waals surface area contributed by atoms with Crippen LogP contribution in [0.1, 0.15) is 25.3 Å². The van der Waals surface area contributed by atoms with Crippen molar-refractivity contribution in [3.05, 3.63) is 35.9 Å². The summed E-state index contributed by atoms with van der Waals surface area (Å²) in [6.07, 6.45) is 0.754. The van der Waals surface area contributed by atoms with E-state index in [4.69, 9.17) is 4.74 Å². The summed E-state index contributed by atoms with van der Waals surface area (Å²) in [6.45, 7) is 2.61. The van der Waals surface area contributed by atoms with Gasteiger partial charge in [0.1, 0.15) is 12.6 Å². The van der Waals surface area contributed by atoms with Gasteiger partial charge in [0.15, 0.2) is 0 Å². The zero-order chi connectivity index (χ0) is 14.5. The molecule has 0 bridgehead atoms. The minimum absolute atomic E-state index is 0.164. The van der Waals surface area contributed by atoms with Gasteiger partial charge in [0.2, 0.25) is 0 Å². The molecule has 1 aromatic rings. The first-order valence-corrected chi connectivity index (χ1v) is 6.78. The summed E-state index contributed by atoms with van der Waals surface area (Å²) in [7, 11) is 0. The Kier molecular flexibility index (Phi) is 4.61. The zero-order valence-electron chi connectivity index (χ0n) is 11.5. The third-order valence-corrected chi connectivity index (χ3v) is 3.54. The van der Waals surface area contributed by atoms with Crippen molar-refractivity contribution in [2.45, 2.75) is 32.4 Å². The van der Waals surface area contributed by atoms with E-state index in [-0.39, 0.29) is 6.61 Å². The van der Waals surface area contributed by atoms with Crippen molar-refractivity contribution in [3.8, 4) is 0 Å². The third-order valence-electron chi connectivity index (χ3n) is 3.54. The molecule has 0 spiro atoms. The molecule has 20 heavy (non-hydrogen) atoms. The predicted molar refractivity (Wildman–Crippen MR) is 73.2 cm³/mol. The van der Waals surface area contributed by atoms with E-state index in [0.29, 0.717) is 18.9 Å². The smallest absolute Gasteiger partial charge is 0.410 e. The van der Waals surface area contributed by atoms with Crippen molar-refractivity contribution in [3.63, 3.8) is 0 Å². The van der Waals surface area contributed by atoms with Gasteiger partial charge < -0.3 is 9.84 Å². The van der Waals surface area contributed by atoms with Gasteiger partial charge in [0.25, 0.3) is 0 Å². The Bertz CT molecular complexity index is 474. The number of carboxylic acids is 1. The number of carbonyl (C=O) groups is 2. The number of piperidine rings is 1. The maximum atomic E-state index is 12.1. The van der Waals surface area contributed by atoms with Crippen LogP contribution >= 0.6 is 0 Å². The van der Waals surface area contributed by atoms with Crippen molar-refractivity contribution in [1.82, 2.24) is 4.90 Å². The molecule has 0 saturated carbocycles. The first-order chi connectivity index (χ1) is 9.58. The lowest BCUT2D eigenvalue weighted by Crippen LogP contribution is -2.50. The van der Waals surface area contributed by atoms with Crippen LogP contribution in [-0.4, -0.2) is 34.7 Å². The average Bonchev–Trinajstić information content (AvgIpc) is 2.45. The van der Waals surface area contributed by atoms with Gasteiger partial charge in [-0.1, -0.05) is 37.3 Å². The quantitative estimate of drug-likeness (QED) is 0.921. The highest BCUT2D eigenvalue weighted by atomic mass is 16.6. The second kappa shape index (κ2) is 6.41. The largest absolute Gasteiger partial charge is 0.480 e. The number of carboxylic acid groups (broad SMARTS) is 1. The van der Waals surface area contributed by atoms with Gasteiger partial charge in [0.05, 0.1) is 0 Å². The molecule has 5 heteroatoms. The van der Waals surface area contributed by atoms with Gasteiger partial charge in [-0.3, -0.25) is 4.90 Å². The molecule has 1 saturated heterocycles. The number of hydrogen-bond acceptors (Lipinski definition) is 3. The number of amides is 1. The zero-order valence-corrected chi connectivity index (χ0v) is 11.5. The maximum absolute atomic E-state index is 12.1. The van der Waals surface area contributed by atoms with Gasteiger partial charge in [-0.2, -0.15) is 0 Å². The fraction of sp³-hybridized carbons (Fsp3) is 0.467. The Labute approximate surface area is 118 Å². The van der Waals surface area contributed by atoms with Gasteiger partial charge >= 0.3 is 12.1 Å². The molecule has 1 aliphatic rings. The van der Waals surface area contributed by atoms with Crippen LogP contribution in [0.25, 0.3) is 0 Å². The van der Waals surface area contributed by atoms with Gasteiger partial charge in [-0.15, -0.1) is 0 Å². The number of nitrogens with zero attached hydrogens (tertiary/aromatic N) is 1. The molecule has 0 aromatic heterocycles. The number of hydrogen-bond donors (Lipinski definition) is 1. The van der Waals surface area contributed by atoms with Gasteiger partial charge in [-0.05, 0) is 24.3 Å². The maximum Gasteiger partial charge on any atom is 0.410 e.